The number of hydrogen-bond acceptors (Lipinski definition) is 5. The van der Waals surface area contributed by atoms with Gasteiger partial charge in [0.1, 0.15) is 6.61 Å². The second-order valence-electron chi connectivity index (χ2n) is 6.93. The van der Waals surface area contributed by atoms with E-state index in [0.29, 0.717) is 29.0 Å². The minimum Gasteiger partial charge on any atom is -0.394 e. The molecule has 1 aromatic heterocycles. The molecule has 1 fully saturated rings. The van der Waals surface area contributed by atoms with Crippen molar-refractivity contribution in [3.05, 3.63) is 70.3 Å². The summed E-state index contributed by atoms with van der Waals surface area (Å²) in [4.78, 5) is 25.8. The predicted molar refractivity (Wildman–Crippen MR) is 105 cm³/mol. The van der Waals surface area contributed by atoms with Crippen LogP contribution in [-0.4, -0.2) is 46.4 Å². The van der Waals surface area contributed by atoms with E-state index in [2.05, 4.69) is 10.1 Å². The Morgan fingerprint density at radius 3 is 2.70 bits per heavy atom. The molecule has 5 rings (SSSR count). The topological polar surface area (TPSA) is 59.7 Å². The summed E-state index contributed by atoms with van der Waals surface area (Å²) in [5.74, 6) is 0.543. The van der Waals surface area contributed by atoms with Crippen molar-refractivity contribution in [1.29, 1.82) is 0 Å². The number of fused-ring (bicyclic) bond motifs is 4. The summed E-state index contributed by atoms with van der Waals surface area (Å²) in [7, 11) is 0. The van der Waals surface area contributed by atoms with Gasteiger partial charge in [0.15, 0.2) is 11.5 Å². The molecular formula is C21H20N4O2. The van der Waals surface area contributed by atoms with E-state index in [1.807, 2.05) is 48.5 Å². The van der Waals surface area contributed by atoms with Crippen LogP contribution >= 0.6 is 0 Å². The summed E-state index contributed by atoms with van der Waals surface area (Å²) in [6.07, 6.45) is 2.52. The molecule has 0 N–H and O–H groups in total. The third kappa shape index (κ3) is 2.73. The maximum Gasteiger partial charge on any atom is 0.266 e. The first kappa shape index (κ1) is 16.2. The van der Waals surface area contributed by atoms with E-state index >= 15 is 0 Å². The average molecular weight is 360 g/mol. The maximum absolute atomic E-state index is 13.1. The molecule has 0 radical (unpaired) electrons. The molecule has 2 aromatic carbocycles. The molecule has 0 bridgehead atoms. The van der Waals surface area contributed by atoms with Crippen LogP contribution in [0.25, 0.3) is 16.6 Å². The molecule has 136 valence electrons. The monoisotopic (exact) mass is 360 g/mol. The molecule has 0 unspecified atom stereocenters. The van der Waals surface area contributed by atoms with Gasteiger partial charge >= 0.3 is 0 Å². The highest BCUT2D eigenvalue weighted by atomic mass is 16.6. The van der Waals surface area contributed by atoms with Crippen LogP contribution in [0.3, 0.4) is 0 Å². The summed E-state index contributed by atoms with van der Waals surface area (Å²) < 4.78 is 1.64. The van der Waals surface area contributed by atoms with Gasteiger partial charge in [-0.3, -0.25) is 14.3 Å². The second kappa shape index (κ2) is 6.63. The fourth-order valence-electron chi connectivity index (χ4n) is 3.88. The van der Waals surface area contributed by atoms with Crippen LogP contribution in [-0.2, 0) is 4.84 Å². The Morgan fingerprint density at radius 2 is 1.81 bits per heavy atom. The van der Waals surface area contributed by atoms with Gasteiger partial charge in [0.2, 0.25) is 0 Å². The lowest BCUT2D eigenvalue weighted by Crippen LogP contribution is -2.24. The van der Waals surface area contributed by atoms with Gasteiger partial charge in [0.05, 0.1) is 16.6 Å². The van der Waals surface area contributed by atoms with Crippen LogP contribution in [0.1, 0.15) is 24.2 Å². The standard InChI is InChI=1S/C21H20N4O2/c26-21-15-7-1-3-9-17(15)22-20-19(16-8-2-4-10-18(16)25(20)21)23-27-14-13-24-11-5-6-12-24/h1-4,7-10H,5-6,11-14H2/b23-19+. The van der Waals surface area contributed by atoms with Crippen LogP contribution in [0.2, 0.25) is 0 Å². The van der Waals surface area contributed by atoms with E-state index < -0.39 is 0 Å². The van der Waals surface area contributed by atoms with Crippen molar-refractivity contribution in [3.63, 3.8) is 0 Å². The fraction of sp³-hybridized carbons (Fsp3) is 0.286. The number of rotatable bonds is 4. The molecular weight excluding hydrogens is 340 g/mol. The molecule has 3 heterocycles. The summed E-state index contributed by atoms with van der Waals surface area (Å²) in [6.45, 7) is 3.67. The summed E-state index contributed by atoms with van der Waals surface area (Å²) in [5.41, 5.74) is 2.89. The van der Waals surface area contributed by atoms with Gasteiger partial charge in [-0.05, 0) is 44.1 Å². The number of nitrogens with zero attached hydrogens (tertiary/aromatic N) is 4. The van der Waals surface area contributed by atoms with Crippen molar-refractivity contribution < 1.29 is 4.84 Å². The lowest BCUT2D eigenvalue weighted by molar-refractivity contribution is 0.119. The first-order chi connectivity index (χ1) is 13.3. The van der Waals surface area contributed by atoms with E-state index in [1.54, 1.807) is 4.57 Å². The molecule has 2 aliphatic heterocycles. The van der Waals surface area contributed by atoms with Crippen molar-refractivity contribution in [2.24, 2.45) is 5.16 Å². The smallest absolute Gasteiger partial charge is 0.266 e. The van der Waals surface area contributed by atoms with Crippen LogP contribution in [0, 0.1) is 0 Å². The molecule has 0 atom stereocenters. The van der Waals surface area contributed by atoms with Gasteiger partial charge in [-0.2, -0.15) is 0 Å². The molecule has 0 saturated carbocycles. The van der Waals surface area contributed by atoms with Gasteiger partial charge in [0.25, 0.3) is 5.56 Å². The Morgan fingerprint density at radius 1 is 1.04 bits per heavy atom. The SMILES string of the molecule is O=c1c2ccccc2nc2n1-c1ccccc1/C2=N\OCCN1CCCC1. The van der Waals surface area contributed by atoms with Gasteiger partial charge in [-0.25, -0.2) is 4.98 Å². The largest absolute Gasteiger partial charge is 0.394 e. The van der Waals surface area contributed by atoms with Crippen LogP contribution in [0.5, 0.6) is 0 Å². The third-order valence-corrected chi connectivity index (χ3v) is 5.24. The van der Waals surface area contributed by atoms with Gasteiger partial charge < -0.3 is 4.84 Å². The normalized spacial score (nSPS) is 17.4. The highest BCUT2D eigenvalue weighted by molar-refractivity contribution is 6.16. The number of aromatic nitrogens is 2. The van der Waals surface area contributed by atoms with Gasteiger partial charge in [0, 0.05) is 12.1 Å². The van der Waals surface area contributed by atoms with E-state index in [4.69, 9.17) is 9.82 Å². The zero-order valence-corrected chi connectivity index (χ0v) is 15.0. The third-order valence-electron chi connectivity index (χ3n) is 5.24. The van der Waals surface area contributed by atoms with E-state index in [1.165, 1.54) is 12.8 Å². The summed E-state index contributed by atoms with van der Waals surface area (Å²) in [5, 5.41) is 4.99. The molecule has 0 amide bonds. The molecule has 6 heteroatoms. The van der Waals surface area contributed by atoms with Crippen molar-refractivity contribution >= 4 is 16.6 Å². The lowest BCUT2D eigenvalue weighted by Gasteiger charge is -2.12. The molecule has 0 aliphatic carbocycles. The minimum absolute atomic E-state index is 0.0784. The fourth-order valence-corrected chi connectivity index (χ4v) is 3.88. The highest BCUT2D eigenvalue weighted by Gasteiger charge is 2.29. The Kier molecular flexibility index (Phi) is 3.98. The van der Waals surface area contributed by atoms with Crippen LogP contribution < -0.4 is 5.56 Å². The van der Waals surface area contributed by atoms with Crippen LogP contribution in [0.15, 0.2) is 58.5 Å². The van der Waals surface area contributed by atoms with Crippen LogP contribution in [0.4, 0.5) is 0 Å². The zero-order chi connectivity index (χ0) is 18.2. The average Bonchev–Trinajstić information content (AvgIpc) is 3.32. The number of oxime groups is 1. The summed E-state index contributed by atoms with van der Waals surface area (Å²) in [6, 6.07) is 15.1. The van der Waals surface area contributed by atoms with Crippen molar-refractivity contribution in [2.75, 3.05) is 26.2 Å². The van der Waals surface area contributed by atoms with E-state index in [-0.39, 0.29) is 5.56 Å². The lowest BCUT2D eigenvalue weighted by atomic mass is 10.1. The van der Waals surface area contributed by atoms with Crippen molar-refractivity contribution in [3.8, 4) is 5.69 Å². The summed E-state index contributed by atoms with van der Waals surface area (Å²) >= 11 is 0. The number of hydrogen-bond donors (Lipinski definition) is 0. The molecule has 2 aliphatic rings. The quantitative estimate of drug-likeness (QED) is 0.415. The van der Waals surface area contributed by atoms with E-state index in [9.17, 15) is 4.79 Å². The Bertz CT molecular complexity index is 1100. The molecule has 3 aromatic rings. The maximum atomic E-state index is 13.1. The Labute approximate surface area is 156 Å². The van der Waals surface area contributed by atoms with E-state index in [0.717, 1.165) is 30.9 Å². The highest BCUT2D eigenvalue weighted by Crippen LogP contribution is 2.26. The molecule has 0 spiro atoms. The molecule has 27 heavy (non-hydrogen) atoms. The number of para-hydroxylation sites is 2. The Hall–Kier alpha value is -2.99. The molecule has 1 saturated heterocycles. The first-order valence-electron chi connectivity index (χ1n) is 9.37. The van der Waals surface area contributed by atoms with Crippen molar-refractivity contribution in [1.82, 2.24) is 14.5 Å². The number of benzene rings is 2. The zero-order valence-electron chi connectivity index (χ0n) is 15.0. The molecule has 6 nitrogen and oxygen atoms in total. The van der Waals surface area contributed by atoms with Gasteiger partial charge in [-0.15, -0.1) is 0 Å². The number of likely N-dealkylation sites (tertiary alicyclic amines) is 1. The van der Waals surface area contributed by atoms with Gasteiger partial charge in [-0.1, -0.05) is 35.5 Å². The minimum atomic E-state index is -0.0784. The predicted octanol–water partition coefficient (Wildman–Crippen LogP) is 2.56. The first-order valence-corrected chi connectivity index (χ1v) is 9.37. The van der Waals surface area contributed by atoms with Crippen molar-refractivity contribution in [2.45, 2.75) is 12.8 Å². The Balaban J connectivity index is 1.55. The second-order valence-corrected chi connectivity index (χ2v) is 6.93.